The van der Waals surface area contributed by atoms with Gasteiger partial charge in [-0.05, 0) is 12.0 Å². The highest BCUT2D eigenvalue weighted by Gasteiger charge is 2.30. The minimum absolute atomic E-state index is 0.00951. The molecule has 0 saturated carbocycles. The predicted molar refractivity (Wildman–Crippen MR) is 82.8 cm³/mol. The monoisotopic (exact) mass is 397 g/mol. The number of benzene rings is 1. The van der Waals surface area contributed by atoms with Crippen molar-refractivity contribution in [2.75, 3.05) is 10.7 Å². The fraction of sp³-hybridized carbons (Fsp3) is 0.500. The van der Waals surface area contributed by atoms with Crippen LogP contribution in [0, 0.1) is 0 Å². The van der Waals surface area contributed by atoms with Gasteiger partial charge in [0.1, 0.15) is 0 Å². The molecule has 0 amide bonds. The van der Waals surface area contributed by atoms with E-state index in [-0.39, 0.29) is 5.75 Å². The molecular weight excluding hydrogens is 382 g/mol. The van der Waals surface area contributed by atoms with Crippen molar-refractivity contribution in [2.45, 2.75) is 24.6 Å². The Morgan fingerprint density at radius 1 is 1.17 bits per heavy atom. The van der Waals surface area contributed by atoms with Crippen molar-refractivity contribution in [3.05, 3.63) is 35.9 Å². The molecule has 0 aliphatic heterocycles. The highest BCUT2D eigenvalue weighted by Crippen LogP contribution is 2.19. The Labute approximate surface area is 126 Å². The molecule has 0 unspecified atom stereocenters. The largest absolute Gasteiger partial charge is 0.216 e. The Bertz CT molecular complexity index is 450. The van der Waals surface area contributed by atoms with Crippen LogP contribution >= 0.6 is 31.9 Å². The van der Waals surface area contributed by atoms with Crippen molar-refractivity contribution in [3.8, 4) is 0 Å². The molecule has 0 saturated heterocycles. The third-order valence-corrected chi connectivity index (χ3v) is 6.36. The van der Waals surface area contributed by atoms with Crippen molar-refractivity contribution < 1.29 is 8.42 Å². The van der Waals surface area contributed by atoms with Crippen molar-refractivity contribution in [2.24, 2.45) is 0 Å². The van der Waals surface area contributed by atoms with Crippen LogP contribution in [-0.4, -0.2) is 24.6 Å². The molecule has 0 bridgehead atoms. The molecule has 0 aliphatic carbocycles. The first-order valence-electron chi connectivity index (χ1n) is 5.64. The highest BCUT2D eigenvalue weighted by molar-refractivity contribution is 9.09. The van der Waals surface area contributed by atoms with Crippen LogP contribution in [0.1, 0.15) is 18.9 Å². The van der Waals surface area contributed by atoms with Crippen LogP contribution < -0.4 is 4.72 Å². The Kier molecular flexibility index (Phi) is 6.30. The molecule has 0 spiro atoms. The van der Waals surface area contributed by atoms with Crippen LogP contribution in [0.4, 0.5) is 0 Å². The molecule has 0 aromatic heterocycles. The zero-order valence-electron chi connectivity index (χ0n) is 10.2. The van der Waals surface area contributed by atoms with Gasteiger partial charge in [-0.3, -0.25) is 0 Å². The van der Waals surface area contributed by atoms with E-state index in [1.165, 1.54) is 0 Å². The van der Waals surface area contributed by atoms with E-state index >= 15 is 0 Å². The van der Waals surface area contributed by atoms with Gasteiger partial charge in [0.2, 0.25) is 10.0 Å². The second-order valence-electron chi connectivity index (χ2n) is 4.25. The van der Waals surface area contributed by atoms with E-state index < -0.39 is 15.6 Å². The first kappa shape index (κ1) is 16.1. The molecular formula is C12H17Br2NO2S. The molecule has 18 heavy (non-hydrogen) atoms. The van der Waals surface area contributed by atoms with E-state index in [1.807, 2.05) is 37.3 Å². The van der Waals surface area contributed by atoms with Crippen LogP contribution in [0.25, 0.3) is 0 Å². The number of hydrogen-bond acceptors (Lipinski definition) is 2. The summed E-state index contributed by atoms with van der Waals surface area (Å²) in [6.45, 7) is 1.97. The van der Waals surface area contributed by atoms with Crippen molar-refractivity contribution >= 4 is 41.9 Å². The lowest BCUT2D eigenvalue weighted by molar-refractivity contribution is 0.459. The lowest BCUT2D eigenvalue weighted by Crippen LogP contribution is -2.51. The van der Waals surface area contributed by atoms with E-state index in [0.717, 1.165) is 12.0 Å². The average molecular weight is 399 g/mol. The molecule has 102 valence electrons. The smallest absolute Gasteiger partial charge is 0.212 e. The first-order valence-corrected chi connectivity index (χ1v) is 9.54. The molecule has 0 radical (unpaired) electrons. The summed E-state index contributed by atoms with van der Waals surface area (Å²) in [6, 6.07) is 9.18. The number of hydrogen-bond donors (Lipinski definition) is 1. The van der Waals surface area contributed by atoms with Gasteiger partial charge in [0, 0.05) is 10.7 Å². The summed E-state index contributed by atoms with van der Waals surface area (Å²) in [5, 5.41) is 1.16. The number of sulfonamides is 1. The molecule has 0 aliphatic rings. The van der Waals surface area contributed by atoms with E-state index in [9.17, 15) is 8.42 Å². The second-order valence-corrected chi connectivity index (χ2v) is 7.09. The molecule has 0 fully saturated rings. The van der Waals surface area contributed by atoms with Gasteiger partial charge < -0.3 is 0 Å². The summed E-state index contributed by atoms with van der Waals surface area (Å²) in [5.74, 6) is 0.00951. The Balaban J connectivity index is 2.82. The maximum atomic E-state index is 12.1. The number of rotatable bonds is 7. The zero-order valence-corrected chi connectivity index (χ0v) is 14.2. The highest BCUT2D eigenvalue weighted by atomic mass is 79.9. The van der Waals surface area contributed by atoms with Gasteiger partial charge in [-0.2, -0.15) is 0 Å². The van der Waals surface area contributed by atoms with Crippen molar-refractivity contribution in [1.82, 2.24) is 4.72 Å². The number of nitrogens with one attached hydrogen (secondary N) is 1. The second kappa shape index (κ2) is 7.03. The lowest BCUT2D eigenvalue weighted by Gasteiger charge is -2.29. The van der Waals surface area contributed by atoms with Crippen LogP contribution in [0.5, 0.6) is 0 Å². The van der Waals surface area contributed by atoms with E-state index in [4.69, 9.17) is 0 Å². The minimum atomic E-state index is -3.34. The number of alkyl halides is 2. The normalized spacial score (nSPS) is 12.6. The summed E-state index contributed by atoms with van der Waals surface area (Å²) in [6.07, 6.45) is 0.720. The summed E-state index contributed by atoms with van der Waals surface area (Å²) >= 11 is 6.75. The van der Waals surface area contributed by atoms with Gasteiger partial charge in [0.15, 0.2) is 0 Å². The van der Waals surface area contributed by atoms with E-state index in [0.29, 0.717) is 10.7 Å². The molecule has 1 aromatic carbocycles. The number of halogens is 2. The SMILES string of the molecule is CCC(CBr)(CBr)NS(=O)(=O)Cc1ccccc1. The predicted octanol–water partition coefficient (Wildman–Crippen LogP) is 3.04. The van der Waals surface area contributed by atoms with Gasteiger partial charge >= 0.3 is 0 Å². The van der Waals surface area contributed by atoms with Gasteiger partial charge in [-0.25, -0.2) is 13.1 Å². The molecule has 6 heteroatoms. The third kappa shape index (κ3) is 4.64. The maximum Gasteiger partial charge on any atom is 0.216 e. The van der Waals surface area contributed by atoms with Crippen molar-refractivity contribution in [3.63, 3.8) is 0 Å². The Hall–Kier alpha value is 0.0900. The van der Waals surface area contributed by atoms with Crippen LogP contribution in [0.2, 0.25) is 0 Å². The zero-order chi connectivity index (χ0) is 13.6. The van der Waals surface area contributed by atoms with E-state index in [1.54, 1.807) is 0 Å². The molecule has 1 N–H and O–H groups in total. The Morgan fingerprint density at radius 2 is 1.72 bits per heavy atom. The third-order valence-electron chi connectivity index (χ3n) is 2.76. The van der Waals surface area contributed by atoms with Crippen LogP contribution in [-0.2, 0) is 15.8 Å². The summed E-state index contributed by atoms with van der Waals surface area (Å²) in [5.41, 5.74) is 0.326. The maximum absolute atomic E-state index is 12.1. The van der Waals surface area contributed by atoms with Crippen LogP contribution in [0.3, 0.4) is 0 Å². The fourth-order valence-corrected chi connectivity index (χ4v) is 5.54. The van der Waals surface area contributed by atoms with E-state index in [2.05, 4.69) is 36.6 Å². The van der Waals surface area contributed by atoms with Crippen LogP contribution in [0.15, 0.2) is 30.3 Å². The van der Waals surface area contributed by atoms with Gasteiger partial charge in [-0.15, -0.1) is 0 Å². The van der Waals surface area contributed by atoms with Gasteiger partial charge in [0.25, 0.3) is 0 Å². The Morgan fingerprint density at radius 3 is 2.17 bits per heavy atom. The first-order chi connectivity index (χ1) is 8.47. The summed E-state index contributed by atoms with van der Waals surface area (Å²) < 4.78 is 27.1. The quantitative estimate of drug-likeness (QED) is 0.717. The molecule has 0 heterocycles. The standard InChI is InChI=1S/C12H17Br2NO2S/c1-2-12(9-13,10-14)15-18(16,17)8-11-6-4-3-5-7-11/h3-7,15H,2,8-10H2,1H3. The minimum Gasteiger partial charge on any atom is -0.212 e. The topological polar surface area (TPSA) is 46.2 Å². The van der Waals surface area contributed by atoms with Crippen molar-refractivity contribution in [1.29, 1.82) is 0 Å². The fourth-order valence-electron chi connectivity index (χ4n) is 1.51. The average Bonchev–Trinajstić information content (AvgIpc) is 2.37. The lowest BCUT2D eigenvalue weighted by atomic mass is 10.0. The molecule has 1 aromatic rings. The molecule has 3 nitrogen and oxygen atoms in total. The summed E-state index contributed by atoms with van der Waals surface area (Å²) in [7, 11) is -3.34. The summed E-state index contributed by atoms with van der Waals surface area (Å²) in [4.78, 5) is 0. The molecule has 1 rings (SSSR count). The van der Waals surface area contributed by atoms with Gasteiger partial charge in [0.05, 0.1) is 11.3 Å². The van der Waals surface area contributed by atoms with Gasteiger partial charge in [-0.1, -0.05) is 69.1 Å². The molecule has 0 atom stereocenters.